The zero-order chi connectivity index (χ0) is 12.5. The Morgan fingerprint density at radius 2 is 2.17 bits per heavy atom. The Labute approximate surface area is 114 Å². The smallest absolute Gasteiger partial charge is 0.0965 e. The largest absolute Gasteiger partial charge is 0.313 e. The van der Waals surface area contributed by atoms with Crippen LogP contribution in [0.4, 0.5) is 0 Å². The van der Waals surface area contributed by atoms with Crippen LogP contribution >= 0.6 is 11.3 Å². The maximum atomic E-state index is 4.40. The van der Waals surface area contributed by atoms with E-state index in [4.69, 9.17) is 0 Å². The van der Waals surface area contributed by atoms with Gasteiger partial charge in [-0.2, -0.15) is 0 Å². The van der Waals surface area contributed by atoms with Crippen LogP contribution in [0.1, 0.15) is 43.5 Å². The minimum Gasteiger partial charge on any atom is -0.313 e. The van der Waals surface area contributed by atoms with E-state index in [0.29, 0.717) is 5.92 Å². The molecule has 3 heterocycles. The van der Waals surface area contributed by atoms with Crippen LogP contribution in [0, 0.1) is 0 Å². The van der Waals surface area contributed by atoms with Crippen molar-refractivity contribution in [2.24, 2.45) is 0 Å². The van der Waals surface area contributed by atoms with Crippen LogP contribution in [0.2, 0.25) is 0 Å². The number of aromatic nitrogens is 1. The molecule has 3 nitrogen and oxygen atoms in total. The number of hydrogen-bond donors (Lipinski definition) is 1. The number of rotatable bonds is 4. The molecule has 0 aliphatic carbocycles. The van der Waals surface area contributed by atoms with Gasteiger partial charge >= 0.3 is 0 Å². The highest BCUT2D eigenvalue weighted by molar-refractivity contribution is 7.09. The first-order valence-electron chi connectivity index (χ1n) is 7.08. The quantitative estimate of drug-likeness (QED) is 0.906. The Hall–Kier alpha value is -0.450. The van der Waals surface area contributed by atoms with Crippen molar-refractivity contribution in [1.82, 2.24) is 15.2 Å². The number of hydrogen-bond acceptors (Lipinski definition) is 4. The lowest BCUT2D eigenvalue weighted by Crippen LogP contribution is -2.47. The zero-order valence-corrected chi connectivity index (χ0v) is 12.1. The third-order valence-corrected chi connectivity index (χ3v) is 5.69. The first-order valence-corrected chi connectivity index (χ1v) is 7.96. The monoisotopic (exact) mass is 265 g/mol. The molecule has 2 fully saturated rings. The summed E-state index contributed by atoms with van der Waals surface area (Å²) >= 11 is 1.77. The molecule has 3 atom stereocenters. The molecular formula is C14H23N3S. The van der Waals surface area contributed by atoms with Crippen LogP contribution in [-0.4, -0.2) is 41.6 Å². The standard InChI is InChI=1S/C14H23N3S/c1-10(14-15-5-6-18-14)9-16-11-7-12-3-4-13(8-11)17(12)2/h5-6,10-13,16H,3-4,7-9H2,1-2H3. The van der Waals surface area contributed by atoms with Crippen molar-refractivity contribution < 1.29 is 0 Å². The van der Waals surface area contributed by atoms with Crippen LogP contribution in [0.5, 0.6) is 0 Å². The fourth-order valence-electron chi connectivity index (χ4n) is 3.49. The molecule has 0 aromatic carbocycles. The number of fused-ring (bicyclic) bond motifs is 2. The van der Waals surface area contributed by atoms with Crippen LogP contribution in [0.3, 0.4) is 0 Å². The maximum Gasteiger partial charge on any atom is 0.0965 e. The van der Waals surface area contributed by atoms with Gasteiger partial charge in [0.15, 0.2) is 0 Å². The number of thiazole rings is 1. The van der Waals surface area contributed by atoms with Gasteiger partial charge in [0.2, 0.25) is 0 Å². The average molecular weight is 265 g/mol. The molecule has 0 amide bonds. The van der Waals surface area contributed by atoms with Gasteiger partial charge in [0.1, 0.15) is 0 Å². The highest BCUT2D eigenvalue weighted by atomic mass is 32.1. The summed E-state index contributed by atoms with van der Waals surface area (Å²) in [5, 5.41) is 7.10. The summed E-state index contributed by atoms with van der Waals surface area (Å²) in [5.74, 6) is 0.544. The summed E-state index contributed by atoms with van der Waals surface area (Å²) < 4.78 is 0. The average Bonchev–Trinajstić information content (AvgIpc) is 2.94. The van der Waals surface area contributed by atoms with Crippen molar-refractivity contribution in [3.05, 3.63) is 16.6 Å². The van der Waals surface area contributed by atoms with E-state index in [1.807, 2.05) is 6.20 Å². The minimum atomic E-state index is 0.544. The summed E-state index contributed by atoms with van der Waals surface area (Å²) in [4.78, 5) is 7.00. The second-order valence-electron chi connectivity index (χ2n) is 5.90. The molecule has 2 aliphatic rings. The summed E-state index contributed by atoms with van der Waals surface area (Å²) in [7, 11) is 2.30. The maximum absolute atomic E-state index is 4.40. The molecule has 2 saturated heterocycles. The molecule has 0 saturated carbocycles. The van der Waals surface area contributed by atoms with Crippen LogP contribution in [0.25, 0.3) is 0 Å². The second kappa shape index (κ2) is 5.27. The molecular weight excluding hydrogens is 242 g/mol. The van der Waals surface area contributed by atoms with E-state index < -0.39 is 0 Å². The second-order valence-corrected chi connectivity index (χ2v) is 6.82. The topological polar surface area (TPSA) is 28.2 Å². The molecule has 4 heteroatoms. The van der Waals surface area contributed by atoms with Gasteiger partial charge in [-0.3, -0.25) is 0 Å². The van der Waals surface area contributed by atoms with Gasteiger partial charge in [0.25, 0.3) is 0 Å². The molecule has 2 aliphatic heterocycles. The van der Waals surface area contributed by atoms with Gasteiger partial charge in [-0.25, -0.2) is 4.98 Å². The van der Waals surface area contributed by atoms with Crippen molar-refractivity contribution >= 4 is 11.3 Å². The van der Waals surface area contributed by atoms with E-state index in [-0.39, 0.29) is 0 Å². The van der Waals surface area contributed by atoms with Crippen LogP contribution in [0.15, 0.2) is 11.6 Å². The summed E-state index contributed by atoms with van der Waals surface area (Å²) in [5.41, 5.74) is 0. The third kappa shape index (κ3) is 2.46. The molecule has 1 aromatic heterocycles. The van der Waals surface area contributed by atoms with E-state index >= 15 is 0 Å². The van der Waals surface area contributed by atoms with E-state index in [2.05, 4.69) is 34.6 Å². The molecule has 1 aromatic rings. The minimum absolute atomic E-state index is 0.544. The zero-order valence-electron chi connectivity index (χ0n) is 11.3. The van der Waals surface area contributed by atoms with E-state index in [1.165, 1.54) is 30.7 Å². The summed E-state index contributed by atoms with van der Waals surface area (Å²) in [6, 6.07) is 2.38. The van der Waals surface area contributed by atoms with Gasteiger partial charge in [0.05, 0.1) is 5.01 Å². The Balaban J connectivity index is 1.50. The molecule has 2 bridgehead atoms. The third-order valence-electron chi connectivity index (χ3n) is 4.68. The molecule has 100 valence electrons. The Morgan fingerprint density at radius 1 is 1.44 bits per heavy atom. The Kier molecular flexibility index (Phi) is 3.68. The van der Waals surface area contributed by atoms with Crippen LogP contribution in [-0.2, 0) is 0 Å². The summed E-state index contributed by atoms with van der Waals surface area (Å²) in [6.07, 6.45) is 7.38. The van der Waals surface area contributed by atoms with Crippen molar-refractivity contribution in [3.63, 3.8) is 0 Å². The number of piperidine rings is 1. The number of nitrogens with zero attached hydrogens (tertiary/aromatic N) is 2. The molecule has 0 radical (unpaired) electrons. The van der Waals surface area contributed by atoms with Gasteiger partial charge in [0, 0.05) is 42.2 Å². The molecule has 0 spiro atoms. The Bertz CT molecular complexity index is 364. The molecule has 18 heavy (non-hydrogen) atoms. The predicted octanol–water partition coefficient (Wildman–Crippen LogP) is 2.46. The van der Waals surface area contributed by atoms with Gasteiger partial charge in [-0.15, -0.1) is 11.3 Å². The lowest BCUT2D eigenvalue weighted by Gasteiger charge is -2.37. The van der Waals surface area contributed by atoms with Crippen molar-refractivity contribution in [2.75, 3.05) is 13.6 Å². The van der Waals surface area contributed by atoms with E-state index in [9.17, 15) is 0 Å². The van der Waals surface area contributed by atoms with Crippen molar-refractivity contribution in [2.45, 2.75) is 56.7 Å². The highest BCUT2D eigenvalue weighted by Gasteiger charge is 2.38. The summed E-state index contributed by atoms with van der Waals surface area (Å²) in [6.45, 7) is 3.34. The van der Waals surface area contributed by atoms with Crippen molar-refractivity contribution in [1.29, 1.82) is 0 Å². The van der Waals surface area contributed by atoms with Crippen LogP contribution < -0.4 is 5.32 Å². The first kappa shape index (κ1) is 12.6. The Morgan fingerprint density at radius 3 is 2.78 bits per heavy atom. The predicted molar refractivity (Wildman–Crippen MR) is 76.1 cm³/mol. The fourth-order valence-corrected chi connectivity index (χ4v) is 4.19. The highest BCUT2D eigenvalue weighted by Crippen LogP contribution is 2.34. The lowest BCUT2D eigenvalue weighted by molar-refractivity contribution is 0.148. The molecule has 3 rings (SSSR count). The molecule has 3 unspecified atom stereocenters. The van der Waals surface area contributed by atoms with Gasteiger partial charge in [-0.1, -0.05) is 6.92 Å². The lowest BCUT2D eigenvalue weighted by atomic mass is 9.97. The molecule has 1 N–H and O–H groups in total. The van der Waals surface area contributed by atoms with E-state index in [0.717, 1.165) is 24.7 Å². The fraction of sp³-hybridized carbons (Fsp3) is 0.786. The van der Waals surface area contributed by atoms with Gasteiger partial charge in [-0.05, 0) is 32.7 Å². The number of nitrogens with one attached hydrogen (secondary N) is 1. The van der Waals surface area contributed by atoms with E-state index in [1.54, 1.807) is 11.3 Å². The van der Waals surface area contributed by atoms with Crippen molar-refractivity contribution in [3.8, 4) is 0 Å². The first-order chi connectivity index (χ1) is 8.74. The normalized spacial score (nSPS) is 33.8. The van der Waals surface area contributed by atoms with Gasteiger partial charge < -0.3 is 10.2 Å². The SMILES string of the molecule is CC(CNC1CC2CCC(C1)N2C)c1nccs1.